The number of amides is 3. The van der Waals surface area contributed by atoms with Crippen molar-refractivity contribution in [1.82, 2.24) is 35.1 Å². The molecule has 2 aliphatic rings. The third-order valence-corrected chi connectivity index (χ3v) is 12.6. The van der Waals surface area contributed by atoms with Gasteiger partial charge in [0.2, 0.25) is 11.8 Å². The second-order valence-electron chi connectivity index (χ2n) is 18.8. The Morgan fingerprint density at radius 2 is 1.78 bits per heavy atom. The zero-order valence-corrected chi connectivity index (χ0v) is 41.5. The number of likely N-dealkylation sites (N-methyl/N-ethyl adjacent to an activating group) is 1. The van der Waals surface area contributed by atoms with Crippen molar-refractivity contribution in [3.63, 3.8) is 0 Å². The second-order valence-corrected chi connectivity index (χ2v) is 18.8. The molecule has 15 heteroatoms. The van der Waals surface area contributed by atoms with E-state index in [1.807, 2.05) is 58.0 Å². The topological polar surface area (TPSA) is 179 Å². The van der Waals surface area contributed by atoms with Gasteiger partial charge in [-0.2, -0.15) is 0 Å². The van der Waals surface area contributed by atoms with Crippen LogP contribution in [0, 0.1) is 29.1 Å². The van der Waals surface area contributed by atoms with E-state index in [1.54, 1.807) is 23.2 Å². The molecule has 0 radical (unpaired) electrons. The summed E-state index contributed by atoms with van der Waals surface area (Å²) < 4.78 is 13.4. The van der Waals surface area contributed by atoms with Gasteiger partial charge in [-0.15, -0.1) is 0 Å². The number of nitriles is 1. The standard InChI is InChI=1S/C44H60N6O5.C8H11NO2.CHN/c1-10-49-38-19-18-33(25-35(38)36(26-44(5,6)27-55-28-51)41(49)34-17-14-20-45-39(34)30(4)54-9)32-16-13-15-31(23-32)24-37(43(53)50-22-12-11-21-46-50)47-42(52)40(29(2)3)48(7)8;1-2-8(11)9-4-3-7(5-9)6-10;1-2/h13-20,23,25,28-30,37,40,46H,10-12,21-22,24,26-27H2,1-9H3,(H,47,52);2,6-7H,1,3-5H2;1H. The first-order valence-electron chi connectivity index (χ1n) is 23.5. The van der Waals surface area contributed by atoms with Gasteiger partial charge in [0, 0.05) is 86.8 Å². The fourth-order valence-corrected chi connectivity index (χ4v) is 9.26. The van der Waals surface area contributed by atoms with Gasteiger partial charge in [-0.1, -0.05) is 64.6 Å². The summed E-state index contributed by atoms with van der Waals surface area (Å²) in [5, 5.41) is 12.4. The molecule has 366 valence electrons. The van der Waals surface area contributed by atoms with Gasteiger partial charge >= 0.3 is 0 Å². The average molecular weight is 933 g/mol. The summed E-state index contributed by atoms with van der Waals surface area (Å²) in [7, 11) is 5.49. The predicted octanol–water partition coefficient (Wildman–Crippen LogP) is 6.94. The number of likely N-dealkylation sites (tertiary alicyclic amines) is 1. The summed E-state index contributed by atoms with van der Waals surface area (Å²) in [6, 6.07) is 17.8. The number of methoxy groups -OCH3 is 1. The number of ether oxygens (including phenoxy) is 2. The van der Waals surface area contributed by atoms with E-state index in [0.717, 1.165) is 88.7 Å². The Hall–Kier alpha value is -6.21. The molecule has 4 atom stereocenters. The van der Waals surface area contributed by atoms with Crippen LogP contribution in [0.4, 0.5) is 0 Å². The maximum Gasteiger partial charge on any atom is 0.293 e. The summed E-state index contributed by atoms with van der Waals surface area (Å²) in [6.45, 7) is 23.4. The fraction of sp³-hybridized carbons (Fsp3) is 0.491. The van der Waals surface area contributed by atoms with Crippen LogP contribution in [0.25, 0.3) is 33.3 Å². The minimum Gasteiger partial charge on any atom is -0.467 e. The normalized spacial score (nSPS) is 16.2. The Balaban J connectivity index is 0.000000674. The van der Waals surface area contributed by atoms with E-state index in [2.05, 4.69) is 85.6 Å². The molecule has 3 amide bonds. The van der Waals surface area contributed by atoms with Crippen LogP contribution in [0.1, 0.15) is 83.7 Å². The van der Waals surface area contributed by atoms with Crippen LogP contribution in [-0.2, 0) is 52.8 Å². The van der Waals surface area contributed by atoms with E-state index in [9.17, 15) is 24.0 Å². The van der Waals surface area contributed by atoms with Crippen molar-refractivity contribution in [3.8, 4) is 29.0 Å². The third-order valence-electron chi connectivity index (χ3n) is 12.6. The summed E-state index contributed by atoms with van der Waals surface area (Å²) in [4.78, 5) is 68.5. The van der Waals surface area contributed by atoms with E-state index in [-0.39, 0.29) is 53.7 Å². The molecule has 68 heavy (non-hydrogen) atoms. The number of aryl methyl sites for hydroxylation is 1. The Morgan fingerprint density at radius 3 is 2.38 bits per heavy atom. The summed E-state index contributed by atoms with van der Waals surface area (Å²) in [5.41, 5.74) is 11.1. The molecule has 0 saturated carbocycles. The van der Waals surface area contributed by atoms with Crippen LogP contribution in [0.15, 0.2) is 73.4 Å². The average Bonchev–Trinajstić information content (AvgIpc) is 3.95. The smallest absolute Gasteiger partial charge is 0.293 e. The molecule has 6 rings (SSSR count). The molecule has 2 aromatic heterocycles. The molecule has 0 aliphatic carbocycles. The minimum absolute atomic E-state index is 0.0406. The van der Waals surface area contributed by atoms with Crippen LogP contribution in [-0.4, -0.2) is 121 Å². The number of benzene rings is 2. The molecule has 15 nitrogen and oxygen atoms in total. The number of pyridine rings is 1. The minimum atomic E-state index is -0.733. The zero-order valence-electron chi connectivity index (χ0n) is 41.5. The Labute approximate surface area is 402 Å². The van der Waals surface area contributed by atoms with E-state index in [4.69, 9.17) is 19.7 Å². The number of carbonyl (C=O) groups excluding carboxylic acids is 5. The Kier molecular flexibility index (Phi) is 20.6. The number of fused-ring (bicyclic) bond motifs is 1. The molecule has 4 unspecified atom stereocenters. The van der Waals surface area contributed by atoms with E-state index >= 15 is 0 Å². The van der Waals surface area contributed by atoms with Crippen LogP contribution in [0.5, 0.6) is 0 Å². The molecule has 2 fully saturated rings. The first-order valence-corrected chi connectivity index (χ1v) is 23.5. The quantitative estimate of drug-likeness (QED) is 0.0735. The maximum absolute atomic E-state index is 14.0. The molecular weight excluding hydrogens is 861 g/mol. The Morgan fingerprint density at radius 1 is 1.04 bits per heavy atom. The van der Waals surface area contributed by atoms with Gasteiger partial charge in [0.05, 0.1) is 30.1 Å². The lowest BCUT2D eigenvalue weighted by molar-refractivity contribution is -0.141. The Bertz CT molecular complexity index is 2360. The van der Waals surface area contributed by atoms with Gasteiger partial charge in [0.15, 0.2) is 0 Å². The van der Waals surface area contributed by atoms with Crippen molar-refractivity contribution in [2.45, 2.75) is 98.4 Å². The molecule has 2 aliphatic heterocycles. The monoisotopic (exact) mass is 933 g/mol. The van der Waals surface area contributed by atoms with Crippen LogP contribution < -0.4 is 10.7 Å². The SMILES string of the molecule is C#N.C=CC(=O)N1CCC(C=O)C1.CCn1c(-c2cccnc2C(C)OC)c(CC(C)(C)COC=O)c2cc(-c3cccc(CC(NC(=O)C(C(C)C)N(C)C)C(=O)N4CCCCN4)c3)ccc21. The second kappa shape index (κ2) is 25.8. The third kappa shape index (κ3) is 13.7. The van der Waals surface area contributed by atoms with Crippen molar-refractivity contribution >= 4 is 41.4 Å². The van der Waals surface area contributed by atoms with E-state index in [1.165, 1.54) is 6.08 Å². The van der Waals surface area contributed by atoms with Gasteiger partial charge in [-0.05, 0) is 112 Å². The van der Waals surface area contributed by atoms with Gasteiger partial charge in [0.25, 0.3) is 12.4 Å². The van der Waals surface area contributed by atoms with Crippen molar-refractivity contribution in [2.24, 2.45) is 17.3 Å². The largest absolute Gasteiger partial charge is 0.467 e. The fourth-order valence-electron chi connectivity index (χ4n) is 9.26. The first-order chi connectivity index (χ1) is 32.6. The van der Waals surface area contributed by atoms with Crippen LogP contribution in [0.3, 0.4) is 0 Å². The molecule has 0 bridgehead atoms. The lowest BCUT2D eigenvalue weighted by Gasteiger charge is -2.33. The molecule has 2 N–H and O–H groups in total. The van der Waals surface area contributed by atoms with Crippen LogP contribution >= 0.6 is 0 Å². The summed E-state index contributed by atoms with van der Waals surface area (Å²) in [5.74, 6) is -0.244. The molecule has 2 aromatic carbocycles. The highest BCUT2D eigenvalue weighted by molar-refractivity contribution is 5.95. The highest BCUT2D eigenvalue weighted by Gasteiger charge is 2.33. The van der Waals surface area contributed by atoms with Gasteiger partial charge < -0.3 is 29.1 Å². The molecule has 4 aromatic rings. The lowest BCUT2D eigenvalue weighted by Crippen LogP contribution is -2.58. The van der Waals surface area contributed by atoms with Crippen molar-refractivity contribution in [1.29, 1.82) is 5.26 Å². The number of carbonyl (C=O) groups is 5. The number of nitrogens with one attached hydrogen (secondary N) is 2. The number of aldehydes is 1. The zero-order chi connectivity index (χ0) is 50.1. The molecule has 4 heterocycles. The lowest BCUT2D eigenvalue weighted by atomic mass is 9.84. The highest BCUT2D eigenvalue weighted by Crippen LogP contribution is 2.42. The van der Waals surface area contributed by atoms with Crippen molar-refractivity contribution in [2.75, 3.05) is 54.0 Å². The predicted molar refractivity (Wildman–Crippen MR) is 266 cm³/mol. The first kappa shape index (κ1) is 54.4. The summed E-state index contributed by atoms with van der Waals surface area (Å²) in [6.07, 6.45) is 7.50. The van der Waals surface area contributed by atoms with Gasteiger partial charge in [-0.25, -0.2) is 10.7 Å². The number of hydrogen-bond donors (Lipinski definition) is 2. The van der Waals surface area contributed by atoms with E-state index in [0.29, 0.717) is 38.9 Å². The number of nitrogens with zero attached hydrogens (tertiary/aromatic N) is 6. The number of aromatic nitrogens is 2. The van der Waals surface area contributed by atoms with Gasteiger partial charge in [-0.3, -0.25) is 34.1 Å². The number of hydrazine groups is 1. The molecular formula is C53H72N8O7. The van der Waals surface area contributed by atoms with Crippen molar-refractivity contribution in [3.05, 3.63) is 90.3 Å². The van der Waals surface area contributed by atoms with E-state index < -0.39 is 6.04 Å². The number of rotatable bonds is 19. The summed E-state index contributed by atoms with van der Waals surface area (Å²) >= 11 is 0. The van der Waals surface area contributed by atoms with Crippen molar-refractivity contribution < 1.29 is 33.4 Å². The highest BCUT2D eigenvalue weighted by atomic mass is 16.5. The molecule has 0 spiro atoms. The maximum atomic E-state index is 14.0. The number of hydrogen-bond acceptors (Lipinski definition) is 11. The van der Waals surface area contributed by atoms with Gasteiger partial charge in [0.1, 0.15) is 12.3 Å². The molecule has 2 saturated heterocycles. The van der Waals surface area contributed by atoms with Crippen LogP contribution in [0.2, 0.25) is 0 Å².